The van der Waals surface area contributed by atoms with Crippen LogP contribution >= 0.6 is 11.3 Å². The number of imidazole rings is 1. The van der Waals surface area contributed by atoms with Crippen LogP contribution in [-0.2, 0) is 6.42 Å². The fourth-order valence-corrected chi connectivity index (χ4v) is 3.49. The molecule has 0 radical (unpaired) electrons. The minimum Gasteiger partial charge on any atom is -0.399 e. The number of anilines is 1. The molecule has 0 spiro atoms. The molecule has 19 heavy (non-hydrogen) atoms. The second kappa shape index (κ2) is 4.70. The first-order valence-electron chi connectivity index (χ1n) is 6.52. The van der Waals surface area contributed by atoms with E-state index in [-0.39, 0.29) is 0 Å². The lowest BCUT2D eigenvalue weighted by atomic mass is 10.1. The molecule has 0 amide bonds. The highest BCUT2D eigenvalue weighted by Gasteiger charge is 2.12. The number of hydrogen-bond donors (Lipinski definition) is 1. The van der Waals surface area contributed by atoms with Crippen molar-refractivity contribution in [2.75, 3.05) is 5.73 Å². The number of rotatable bonds is 3. The molecule has 0 aliphatic carbocycles. The number of nitrogens with two attached hydrogens (primary N) is 1. The standard InChI is InChI=1S/C15H17N3S/c1-3-5-14-10(2)18-9-13(17-15(18)19-14)11-6-4-7-12(16)8-11/h4,6-9H,3,5,16H2,1-2H3. The highest BCUT2D eigenvalue weighted by Crippen LogP contribution is 2.28. The van der Waals surface area contributed by atoms with Crippen molar-refractivity contribution >= 4 is 22.0 Å². The number of aromatic nitrogens is 2. The largest absolute Gasteiger partial charge is 0.399 e. The van der Waals surface area contributed by atoms with E-state index in [0.29, 0.717) is 0 Å². The van der Waals surface area contributed by atoms with Crippen LogP contribution in [0.1, 0.15) is 23.9 Å². The molecule has 0 fully saturated rings. The molecule has 0 saturated carbocycles. The smallest absolute Gasteiger partial charge is 0.194 e. The second-order valence-electron chi connectivity index (χ2n) is 4.76. The molecule has 2 N–H and O–H groups in total. The fourth-order valence-electron chi connectivity index (χ4n) is 2.29. The van der Waals surface area contributed by atoms with Gasteiger partial charge in [-0.05, 0) is 25.5 Å². The van der Waals surface area contributed by atoms with E-state index in [1.54, 1.807) is 11.3 Å². The summed E-state index contributed by atoms with van der Waals surface area (Å²) in [5.41, 5.74) is 9.98. The van der Waals surface area contributed by atoms with Gasteiger partial charge in [-0.25, -0.2) is 4.98 Å². The number of hydrogen-bond acceptors (Lipinski definition) is 3. The Balaban J connectivity index is 2.08. The van der Waals surface area contributed by atoms with E-state index in [0.717, 1.165) is 28.3 Å². The summed E-state index contributed by atoms with van der Waals surface area (Å²) in [5, 5.41) is 0. The van der Waals surface area contributed by atoms with Crippen molar-refractivity contribution in [3.63, 3.8) is 0 Å². The number of fused-ring (bicyclic) bond motifs is 1. The normalized spacial score (nSPS) is 11.3. The molecule has 3 aromatic rings. The zero-order chi connectivity index (χ0) is 13.4. The van der Waals surface area contributed by atoms with Crippen LogP contribution in [-0.4, -0.2) is 9.38 Å². The summed E-state index contributed by atoms with van der Waals surface area (Å²) in [6, 6.07) is 7.87. The summed E-state index contributed by atoms with van der Waals surface area (Å²) in [4.78, 5) is 7.22. The summed E-state index contributed by atoms with van der Waals surface area (Å²) in [5.74, 6) is 0. The minimum atomic E-state index is 0.775. The summed E-state index contributed by atoms with van der Waals surface area (Å²) in [6.07, 6.45) is 4.41. The number of thiazole rings is 1. The Hall–Kier alpha value is -1.81. The monoisotopic (exact) mass is 271 g/mol. The predicted octanol–water partition coefficient (Wildman–Crippen LogP) is 3.91. The Morgan fingerprint density at radius 1 is 1.37 bits per heavy atom. The van der Waals surface area contributed by atoms with Gasteiger partial charge in [-0.3, -0.25) is 4.40 Å². The van der Waals surface area contributed by atoms with Crippen LogP contribution in [0.4, 0.5) is 5.69 Å². The lowest BCUT2D eigenvalue weighted by molar-refractivity contribution is 0.917. The fraction of sp³-hybridized carbons (Fsp3) is 0.267. The zero-order valence-corrected chi connectivity index (χ0v) is 12.0. The van der Waals surface area contributed by atoms with E-state index >= 15 is 0 Å². The maximum absolute atomic E-state index is 5.83. The van der Waals surface area contributed by atoms with Crippen LogP contribution in [0.3, 0.4) is 0 Å². The maximum atomic E-state index is 5.83. The van der Waals surface area contributed by atoms with Gasteiger partial charge < -0.3 is 5.73 Å². The number of nitrogens with zero attached hydrogens (tertiary/aromatic N) is 2. The molecule has 3 nitrogen and oxygen atoms in total. The molecule has 0 saturated heterocycles. The Kier molecular flexibility index (Phi) is 3.03. The van der Waals surface area contributed by atoms with Crippen molar-refractivity contribution in [2.45, 2.75) is 26.7 Å². The molecule has 2 aromatic heterocycles. The van der Waals surface area contributed by atoms with Gasteiger partial charge in [0.2, 0.25) is 0 Å². The van der Waals surface area contributed by atoms with Crippen molar-refractivity contribution < 1.29 is 0 Å². The molecule has 0 unspecified atom stereocenters. The minimum absolute atomic E-state index is 0.775. The van der Waals surface area contributed by atoms with Gasteiger partial charge in [0.05, 0.1) is 5.69 Å². The first kappa shape index (κ1) is 12.2. The molecule has 0 atom stereocenters. The molecule has 3 rings (SSSR count). The molecule has 98 valence electrons. The van der Waals surface area contributed by atoms with Crippen LogP contribution < -0.4 is 5.73 Å². The molecule has 2 heterocycles. The van der Waals surface area contributed by atoms with Crippen molar-refractivity contribution in [1.82, 2.24) is 9.38 Å². The first-order chi connectivity index (χ1) is 9.19. The lowest BCUT2D eigenvalue weighted by Gasteiger charge is -1.98. The Morgan fingerprint density at radius 3 is 2.89 bits per heavy atom. The SMILES string of the molecule is CCCc1sc2nc(-c3cccc(N)c3)cn2c1C. The van der Waals surface area contributed by atoms with Gasteiger partial charge in [0.25, 0.3) is 0 Å². The summed E-state index contributed by atoms with van der Waals surface area (Å²) in [6.45, 7) is 4.37. The van der Waals surface area contributed by atoms with Crippen molar-refractivity contribution in [3.8, 4) is 11.3 Å². The van der Waals surface area contributed by atoms with Crippen LogP contribution in [0.25, 0.3) is 16.2 Å². The van der Waals surface area contributed by atoms with E-state index in [1.165, 1.54) is 17.0 Å². The van der Waals surface area contributed by atoms with Crippen LogP contribution in [0, 0.1) is 6.92 Å². The maximum Gasteiger partial charge on any atom is 0.194 e. The van der Waals surface area contributed by atoms with Crippen LogP contribution in [0.5, 0.6) is 0 Å². The van der Waals surface area contributed by atoms with Gasteiger partial charge in [-0.2, -0.15) is 0 Å². The van der Waals surface area contributed by atoms with E-state index in [4.69, 9.17) is 10.7 Å². The van der Waals surface area contributed by atoms with Gasteiger partial charge in [0.15, 0.2) is 4.96 Å². The average Bonchev–Trinajstić information content (AvgIpc) is 2.92. The van der Waals surface area contributed by atoms with Crippen molar-refractivity contribution in [3.05, 3.63) is 41.0 Å². The topological polar surface area (TPSA) is 43.3 Å². The van der Waals surface area contributed by atoms with E-state index < -0.39 is 0 Å². The van der Waals surface area contributed by atoms with E-state index in [1.807, 2.05) is 24.3 Å². The second-order valence-corrected chi connectivity index (χ2v) is 5.83. The quantitative estimate of drug-likeness (QED) is 0.734. The molecule has 1 aromatic carbocycles. The molecular formula is C15H17N3S. The van der Waals surface area contributed by atoms with Gasteiger partial charge in [-0.15, -0.1) is 11.3 Å². The highest BCUT2D eigenvalue weighted by atomic mass is 32.1. The Morgan fingerprint density at radius 2 is 2.21 bits per heavy atom. The molecule has 4 heteroatoms. The summed E-state index contributed by atoms with van der Waals surface area (Å²) < 4.78 is 2.19. The van der Waals surface area contributed by atoms with Crippen molar-refractivity contribution in [1.29, 1.82) is 0 Å². The zero-order valence-electron chi connectivity index (χ0n) is 11.2. The van der Waals surface area contributed by atoms with E-state index in [9.17, 15) is 0 Å². The average molecular weight is 271 g/mol. The van der Waals surface area contributed by atoms with Gasteiger partial charge in [-0.1, -0.05) is 25.5 Å². The van der Waals surface area contributed by atoms with Crippen molar-refractivity contribution in [2.24, 2.45) is 0 Å². The Labute approximate surface area is 116 Å². The summed E-state index contributed by atoms with van der Waals surface area (Å²) >= 11 is 1.79. The third-order valence-electron chi connectivity index (χ3n) is 3.31. The number of nitrogen functional groups attached to an aromatic ring is 1. The molecule has 0 bridgehead atoms. The van der Waals surface area contributed by atoms with Crippen LogP contribution in [0.2, 0.25) is 0 Å². The third-order valence-corrected chi connectivity index (χ3v) is 4.53. The van der Waals surface area contributed by atoms with E-state index in [2.05, 4.69) is 24.4 Å². The first-order valence-corrected chi connectivity index (χ1v) is 7.34. The Bertz CT molecular complexity index is 724. The molecular weight excluding hydrogens is 254 g/mol. The van der Waals surface area contributed by atoms with Gasteiger partial charge in [0, 0.05) is 28.0 Å². The lowest BCUT2D eigenvalue weighted by Crippen LogP contribution is -1.87. The predicted molar refractivity (Wildman–Crippen MR) is 81.6 cm³/mol. The molecule has 0 aliphatic rings. The number of benzene rings is 1. The highest BCUT2D eigenvalue weighted by molar-refractivity contribution is 7.17. The summed E-state index contributed by atoms with van der Waals surface area (Å²) in [7, 11) is 0. The van der Waals surface area contributed by atoms with Gasteiger partial charge >= 0.3 is 0 Å². The van der Waals surface area contributed by atoms with Crippen LogP contribution in [0.15, 0.2) is 30.5 Å². The van der Waals surface area contributed by atoms with Gasteiger partial charge in [0.1, 0.15) is 0 Å². The third kappa shape index (κ3) is 2.12. The molecule has 0 aliphatic heterocycles. The number of aryl methyl sites for hydroxylation is 2.